The standard InChI is InChI=1S/C10H22O/c1-4-9(2)6-5-7-10(3)8-11/h9-11H,4-8H2,1-3H3. The van der Waals surface area contributed by atoms with E-state index in [2.05, 4.69) is 20.8 Å². The van der Waals surface area contributed by atoms with Gasteiger partial charge in [-0.05, 0) is 18.3 Å². The van der Waals surface area contributed by atoms with Gasteiger partial charge in [0.1, 0.15) is 0 Å². The molecule has 0 fully saturated rings. The van der Waals surface area contributed by atoms with E-state index in [1.807, 2.05) is 0 Å². The highest BCUT2D eigenvalue weighted by atomic mass is 16.3. The molecule has 1 nitrogen and oxygen atoms in total. The normalized spacial score (nSPS) is 16.4. The van der Waals surface area contributed by atoms with Crippen molar-refractivity contribution < 1.29 is 5.11 Å². The number of hydrogen-bond donors (Lipinski definition) is 1. The van der Waals surface area contributed by atoms with Crippen molar-refractivity contribution in [2.24, 2.45) is 11.8 Å². The van der Waals surface area contributed by atoms with Crippen LogP contribution in [0, 0.1) is 11.8 Å². The van der Waals surface area contributed by atoms with E-state index in [9.17, 15) is 0 Å². The first-order valence-electron chi connectivity index (χ1n) is 4.81. The van der Waals surface area contributed by atoms with Crippen LogP contribution in [0.4, 0.5) is 0 Å². The molecule has 0 spiro atoms. The smallest absolute Gasteiger partial charge is 0.0456 e. The molecular weight excluding hydrogens is 136 g/mol. The second-order valence-electron chi connectivity index (χ2n) is 3.73. The van der Waals surface area contributed by atoms with E-state index < -0.39 is 0 Å². The van der Waals surface area contributed by atoms with Crippen LogP contribution in [-0.4, -0.2) is 11.7 Å². The zero-order valence-electron chi connectivity index (χ0n) is 8.14. The van der Waals surface area contributed by atoms with Gasteiger partial charge in [-0.2, -0.15) is 0 Å². The molecule has 68 valence electrons. The molecule has 0 bridgehead atoms. The molecule has 1 heteroatoms. The maximum absolute atomic E-state index is 8.76. The van der Waals surface area contributed by atoms with Crippen molar-refractivity contribution in [2.45, 2.75) is 46.5 Å². The SMILES string of the molecule is CCC(C)CCCC(C)CO. The average molecular weight is 158 g/mol. The summed E-state index contributed by atoms with van der Waals surface area (Å²) in [7, 11) is 0. The maximum Gasteiger partial charge on any atom is 0.0456 e. The molecule has 0 aliphatic carbocycles. The summed E-state index contributed by atoms with van der Waals surface area (Å²) >= 11 is 0. The van der Waals surface area contributed by atoms with Crippen LogP contribution in [-0.2, 0) is 0 Å². The zero-order chi connectivity index (χ0) is 8.69. The molecule has 2 atom stereocenters. The molecule has 0 heterocycles. The molecule has 0 radical (unpaired) electrons. The van der Waals surface area contributed by atoms with E-state index in [1.165, 1.54) is 25.7 Å². The van der Waals surface area contributed by atoms with E-state index in [0.717, 1.165) is 5.92 Å². The van der Waals surface area contributed by atoms with Crippen LogP contribution in [0.1, 0.15) is 46.5 Å². The fourth-order valence-electron chi connectivity index (χ4n) is 1.11. The van der Waals surface area contributed by atoms with Gasteiger partial charge < -0.3 is 5.11 Å². The van der Waals surface area contributed by atoms with Crippen molar-refractivity contribution in [3.05, 3.63) is 0 Å². The third kappa shape index (κ3) is 6.36. The summed E-state index contributed by atoms with van der Waals surface area (Å²) in [6.45, 7) is 6.99. The van der Waals surface area contributed by atoms with Crippen LogP contribution in [0.25, 0.3) is 0 Å². The Hall–Kier alpha value is -0.0400. The van der Waals surface area contributed by atoms with Gasteiger partial charge in [0.2, 0.25) is 0 Å². The van der Waals surface area contributed by atoms with Crippen LogP contribution < -0.4 is 0 Å². The summed E-state index contributed by atoms with van der Waals surface area (Å²) in [6, 6.07) is 0. The predicted octanol–water partition coefficient (Wildman–Crippen LogP) is 2.83. The Morgan fingerprint density at radius 3 is 2.09 bits per heavy atom. The average Bonchev–Trinajstić information content (AvgIpc) is 2.04. The summed E-state index contributed by atoms with van der Waals surface area (Å²) in [5.41, 5.74) is 0. The summed E-state index contributed by atoms with van der Waals surface area (Å²) in [5, 5.41) is 8.76. The molecule has 0 aromatic rings. The Bertz CT molecular complexity index is 70.9. The first kappa shape index (κ1) is 11.0. The van der Waals surface area contributed by atoms with Crippen molar-refractivity contribution >= 4 is 0 Å². The summed E-state index contributed by atoms with van der Waals surface area (Å²) in [5.74, 6) is 1.36. The van der Waals surface area contributed by atoms with Gasteiger partial charge in [-0.15, -0.1) is 0 Å². The van der Waals surface area contributed by atoms with Crippen LogP contribution in [0.3, 0.4) is 0 Å². The lowest BCUT2D eigenvalue weighted by Crippen LogP contribution is -2.01. The van der Waals surface area contributed by atoms with Gasteiger partial charge in [0.05, 0.1) is 0 Å². The fourth-order valence-corrected chi connectivity index (χ4v) is 1.11. The zero-order valence-corrected chi connectivity index (χ0v) is 8.14. The molecule has 0 amide bonds. The second-order valence-corrected chi connectivity index (χ2v) is 3.73. The van der Waals surface area contributed by atoms with Gasteiger partial charge >= 0.3 is 0 Å². The minimum absolute atomic E-state index is 0.348. The Morgan fingerprint density at radius 2 is 1.64 bits per heavy atom. The van der Waals surface area contributed by atoms with E-state index in [0.29, 0.717) is 12.5 Å². The molecule has 11 heavy (non-hydrogen) atoms. The van der Waals surface area contributed by atoms with Crippen LogP contribution in [0.5, 0.6) is 0 Å². The fraction of sp³-hybridized carbons (Fsp3) is 1.00. The highest BCUT2D eigenvalue weighted by Crippen LogP contribution is 2.14. The van der Waals surface area contributed by atoms with Crippen LogP contribution in [0.15, 0.2) is 0 Å². The molecule has 0 saturated heterocycles. The summed E-state index contributed by atoms with van der Waals surface area (Å²) in [6.07, 6.45) is 5.06. The molecule has 1 N–H and O–H groups in total. The first-order valence-corrected chi connectivity index (χ1v) is 4.81. The van der Waals surface area contributed by atoms with Gasteiger partial charge in [-0.3, -0.25) is 0 Å². The molecular formula is C10H22O. The molecule has 0 saturated carbocycles. The lowest BCUT2D eigenvalue weighted by Gasteiger charge is -2.10. The third-order valence-corrected chi connectivity index (χ3v) is 2.40. The van der Waals surface area contributed by atoms with Gasteiger partial charge in [0, 0.05) is 6.61 Å². The molecule has 0 aromatic carbocycles. The number of aliphatic hydroxyl groups is 1. The Morgan fingerprint density at radius 1 is 1.09 bits per heavy atom. The van der Waals surface area contributed by atoms with Crippen LogP contribution >= 0.6 is 0 Å². The van der Waals surface area contributed by atoms with Crippen molar-refractivity contribution in [3.63, 3.8) is 0 Å². The van der Waals surface area contributed by atoms with Gasteiger partial charge in [0.15, 0.2) is 0 Å². The number of hydrogen-bond acceptors (Lipinski definition) is 1. The molecule has 2 unspecified atom stereocenters. The highest BCUT2D eigenvalue weighted by Gasteiger charge is 2.02. The number of aliphatic hydroxyl groups excluding tert-OH is 1. The van der Waals surface area contributed by atoms with E-state index in [1.54, 1.807) is 0 Å². The van der Waals surface area contributed by atoms with Gasteiger partial charge in [-0.1, -0.05) is 40.0 Å². The van der Waals surface area contributed by atoms with E-state index in [4.69, 9.17) is 5.11 Å². The minimum Gasteiger partial charge on any atom is -0.396 e. The predicted molar refractivity (Wildman–Crippen MR) is 49.6 cm³/mol. The minimum atomic E-state index is 0.348. The van der Waals surface area contributed by atoms with E-state index in [-0.39, 0.29) is 0 Å². The van der Waals surface area contributed by atoms with E-state index >= 15 is 0 Å². The molecule has 0 aliphatic rings. The monoisotopic (exact) mass is 158 g/mol. The highest BCUT2D eigenvalue weighted by molar-refractivity contribution is 4.54. The van der Waals surface area contributed by atoms with Crippen molar-refractivity contribution in [3.8, 4) is 0 Å². The van der Waals surface area contributed by atoms with Crippen LogP contribution in [0.2, 0.25) is 0 Å². The topological polar surface area (TPSA) is 20.2 Å². The molecule has 0 aromatic heterocycles. The molecule has 0 rings (SSSR count). The quantitative estimate of drug-likeness (QED) is 0.630. The Kier molecular flexibility index (Phi) is 6.63. The Labute approximate surface area is 70.8 Å². The third-order valence-electron chi connectivity index (χ3n) is 2.40. The van der Waals surface area contributed by atoms with Crippen molar-refractivity contribution in [1.29, 1.82) is 0 Å². The van der Waals surface area contributed by atoms with Gasteiger partial charge in [0.25, 0.3) is 0 Å². The largest absolute Gasteiger partial charge is 0.396 e. The first-order chi connectivity index (χ1) is 5.20. The Balaban J connectivity index is 3.13. The second kappa shape index (κ2) is 6.66. The lowest BCUT2D eigenvalue weighted by molar-refractivity contribution is 0.225. The van der Waals surface area contributed by atoms with Gasteiger partial charge in [-0.25, -0.2) is 0 Å². The molecule has 0 aliphatic heterocycles. The summed E-state index contributed by atoms with van der Waals surface area (Å²) in [4.78, 5) is 0. The maximum atomic E-state index is 8.76. The number of rotatable bonds is 6. The van der Waals surface area contributed by atoms with Crippen molar-refractivity contribution in [1.82, 2.24) is 0 Å². The van der Waals surface area contributed by atoms with Crippen molar-refractivity contribution in [2.75, 3.05) is 6.61 Å². The summed E-state index contributed by atoms with van der Waals surface area (Å²) < 4.78 is 0. The lowest BCUT2D eigenvalue weighted by atomic mass is 9.98.